The number of rotatable bonds is 15. The molecular formula is C22H32N4O7S. The highest BCUT2D eigenvalue weighted by atomic mass is 32.2. The molecule has 1 aromatic rings. The summed E-state index contributed by atoms with van der Waals surface area (Å²) >= 11 is 1.45. The number of aliphatic carboxylic acids is 2. The average molecular weight is 497 g/mol. The van der Waals surface area contributed by atoms with Crippen LogP contribution in [0.5, 0.6) is 0 Å². The van der Waals surface area contributed by atoms with Crippen molar-refractivity contribution >= 4 is 41.4 Å². The van der Waals surface area contributed by atoms with Crippen LogP contribution in [0.1, 0.15) is 31.7 Å². The van der Waals surface area contributed by atoms with Crippen molar-refractivity contribution in [3.05, 3.63) is 35.9 Å². The number of hydrogen-bond donors (Lipinski definition) is 6. The minimum absolute atomic E-state index is 0.0931. The zero-order valence-corrected chi connectivity index (χ0v) is 20.0. The molecule has 0 radical (unpaired) electrons. The first kappa shape index (κ1) is 28.9. The molecule has 0 aliphatic heterocycles. The molecule has 4 unspecified atom stereocenters. The number of hydrogen-bond acceptors (Lipinski definition) is 7. The van der Waals surface area contributed by atoms with Crippen molar-refractivity contribution in [2.45, 2.75) is 56.8 Å². The number of carboxylic acids is 2. The summed E-state index contributed by atoms with van der Waals surface area (Å²) in [6, 6.07) is 4.49. The maximum Gasteiger partial charge on any atom is 0.325 e. The second kappa shape index (κ2) is 14.9. The van der Waals surface area contributed by atoms with E-state index in [4.69, 9.17) is 15.9 Å². The summed E-state index contributed by atoms with van der Waals surface area (Å²) < 4.78 is 0. The summed E-state index contributed by atoms with van der Waals surface area (Å²) in [7, 11) is 0. The van der Waals surface area contributed by atoms with Gasteiger partial charge in [-0.15, -0.1) is 0 Å². The van der Waals surface area contributed by atoms with Crippen molar-refractivity contribution in [2.75, 3.05) is 12.0 Å². The van der Waals surface area contributed by atoms with Crippen molar-refractivity contribution in [1.29, 1.82) is 0 Å². The topological polar surface area (TPSA) is 188 Å². The number of benzene rings is 1. The molecule has 11 nitrogen and oxygen atoms in total. The summed E-state index contributed by atoms with van der Waals surface area (Å²) in [5, 5.41) is 25.4. The Bertz CT molecular complexity index is 853. The van der Waals surface area contributed by atoms with E-state index in [-0.39, 0.29) is 25.7 Å². The molecule has 12 heteroatoms. The fourth-order valence-corrected chi connectivity index (χ4v) is 3.37. The van der Waals surface area contributed by atoms with Crippen LogP contribution in [0.3, 0.4) is 0 Å². The molecule has 0 aromatic heterocycles. The second-order valence-corrected chi connectivity index (χ2v) is 8.69. The van der Waals surface area contributed by atoms with Crippen LogP contribution in [0, 0.1) is 0 Å². The van der Waals surface area contributed by atoms with Gasteiger partial charge in [0.2, 0.25) is 17.7 Å². The zero-order chi connectivity index (χ0) is 25.7. The SMILES string of the molecule is CSCCC(NC(=O)C(N)CCC(=O)O)C(=O)NC(Cc1ccccc1)C(=O)NC(C)C(=O)O. The number of carbonyl (C=O) groups is 5. The van der Waals surface area contributed by atoms with Gasteiger partial charge in [-0.3, -0.25) is 24.0 Å². The summed E-state index contributed by atoms with van der Waals surface area (Å²) in [6.07, 6.45) is 1.79. The van der Waals surface area contributed by atoms with Gasteiger partial charge in [0.15, 0.2) is 0 Å². The molecule has 7 N–H and O–H groups in total. The van der Waals surface area contributed by atoms with E-state index in [0.29, 0.717) is 5.75 Å². The lowest BCUT2D eigenvalue weighted by atomic mass is 10.0. The quantitative estimate of drug-likeness (QED) is 0.190. The first-order valence-corrected chi connectivity index (χ1v) is 12.1. The van der Waals surface area contributed by atoms with Gasteiger partial charge in [0.25, 0.3) is 0 Å². The van der Waals surface area contributed by atoms with Gasteiger partial charge in [0, 0.05) is 12.8 Å². The highest BCUT2D eigenvalue weighted by Gasteiger charge is 2.29. The normalized spacial score (nSPS) is 14.2. The first-order valence-electron chi connectivity index (χ1n) is 10.7. The largest absolute Gasteiger partial charge is 0.481 e. The number of carbonyl (C=O) groups excluding carboxylic acids is 3. The molecule has 4 atom stereocenters. The van der Waals surface area contributed by atoms with Gasteiger partial charge in [-0.1, -0.05) is 30.3 Å². The summed E-state index contributed by atoms with van der Waals surface area (Å²) in [5.41, 5.74) is 6.49. The molecule has 0 aliphatic rings. The van der Waals surface area contributed by atoms with E-state index in [1.165, 1.54) is 18.7 Å². The fraction of sp³-hybridized carbons (Fsp3) is 0.500. The van der Waals surface area contributed by atoms with Crippen molar-refractivity contribution in [3.63, 3.8) is 0 Å². The van der Waals surface area contributed by atoms with Crippen LogP contribution in [0.15, 0.2) is 30.3 Å². The third kappa shape index (κ3) is 10.7. The highest BCUT2D eigenvalue weighted by molar-refractivity contribution is 7.98. The maximum atomic E-state index is 13.0. The zero-order valence-electron chi connectivity index (χ0n) is 19.2. The standard InChI is InChI=1S/C22H32N4O7S/c1-13(22(32)33)24-21(31)17(12-14-6-4-3-5-7-14)26-20(30)16(10-11-34-2)25-19(29)15(23)8-9-18(27)28/h3-7,13,15-17H,8-12,23H2,1-2H3,(H,24,31)(H,25,29)(H,26,30)(H,27,28)(H,32,33). The van der Waals surface area contributed by atoms with E-state index >= 15 is 0 Å². The Labute approximate surface area is 202 Å². The van der Waals surface area contributed by atoms with E-state index in [0.717, 1.165) is 5.56 Å². The Balaban J connectivity index is 2.98. The minimum Gasteiger partial charge on any atom is -0.481 e. The first-order chi connectivity index (χ1) is 16.0. The van der Waals surface area contributed by atoms with Crippen LogP contribution in [-0.2, 0) is 30.4 Å². The summed E-state index contributed by atoms with van der Waals surface area (Å²) in [5.74, 6) is -3.78. The van der Waals surface area contributed by atoms with Gasteiger partial charge < -0.3 is 31.9 Å². The predicted molar refractivity (Wildman–Crippen MR) is 127 cm³/mol. The van der Waals surface area contributed by atoms with Crippen molar-refractivity contribution in [2.24, 2.45) is 5.73 Å². The second-order valence-electron chi connectivity index (χ2n) is 7.70. The average Bonchev–Trinajstić information content (AvgIpc) is 2.79. The molecule has 0 aliphatic carbocycles. The summed E-state index contributed by atoms with van der Waals surface area (Å²) in [4.78, 5) is 60.1. The van der Waals surface area contributed by atoms with Gasteiger partial charge in [0.05, 0.1) is 6.04 Å². The monoisotopic (exact) mass is 496 g/mol. The van der Waals surface area contributed by atoms with Crippen LogP contribution in [0.25, 0.3) is 0 Å². The van der Waals surface area contributed by atoms with Gasteiger partial charge >= 0.3 is 11.9 Å². The van der Waals surface area contributed by atoms with Crippen LogP contribution in [0.2, 0.25) is 0 Å². The molecule has 0 heterocycles. The maximum absolute atomic E-state index is 13.0. The highest BCUT2D eigenvalue weighted by Crippen LogP contribution is 2.07. The molecule has 0 bridgehead atoms. The molecule has 34 heavy (non-hydrogen) atoms. The molecule has 188 valence electrons. The molecular weight excluding hydrogens is 464 g/mol. The van der Waals surface area contributed by atoms with Gasteiger partial charge in [-0.05, 0) is 37.3 Å². The lowest BCUT2D eigenvalue weighted by molar-refractivity contribution is -0.142. The lowest BCUT2D eigenvalue weighted by Gasteiger charge is -2.25. The Morgan fingerprint density at radius 3 is 2.06 bits per heavy atom. The Morgan fingerprint density at radius 1 is 0.912 bits per heavy atom. The molecule has 0 saturated carbocycles. The van der Waals surface area contributed by atoms with E-state index < -0.39 is 53.8 Å². The predicted octanol–water partition coefficient (Wildman–Crippen LogP) is -0.267. The number of amides is 3. The van der Waals surface area contributed by atoms with Crippen LogP contribution in [0.4, 0.5) is 0 Å². The van der Waals surface area contributed by atoms with E-state index in [2.05, 4.69) is 16.0 Å². The molecule has 3 amide bonds. The van der Waals surface area contributed by atoms with Crippen LogP contribution < -0.4 is 21.7 Å². The van der Waals surface area contributed by atoms with Crippen molar-refractivity contribution < 1.29 is 34.2 Å². The Kier molecular flexibility index (Phi) is 12.7. The third-order valence-electron chi connectivity index (χ3n) is 4.89. The number of carboxylic acid groups (broad SMARTS) is 2. The minimum atomic E-state index is -1.22. The van der Waals surface area contributed by atoms with E-state index in [1.807, 2.05) is 6.26 Å². The van der Waals surface area contributed by atoms with Gasteiger partial charge in [-0.2, -0.15) is 11.8 Å². The Morgan fingerprint density at radius 2 is 1.50 bits per heavy atom. The molecule has 0 spiro atoms. The summed E-state index contributed by atoms with van der Waals surface area (Å²) in [6.45, 7) is 1.31. The van der Waals surface area contributed by atoms with Crippen molar-refractivity contribution in [1.82, 2.24) is 16.0 Å². The van der Waals surface area contributed by atoms with Crippen LogP contribution >= 0.6 is 11.8 Å². The molecule has 0 saturated heterocycles. The van der Waals surface area contributed by atoms with E-state index in [9.17, 15) is 24.0 Å². The Hall–Kier alpha value is -3.12. The number of nitrogens with two attached hydrogens (primary N) is 1. The van der Waals surface area contributed by atoms with Gasteiger partial charge in [-0.25, -0.2) is 0 Å². The smallest absolute Gasteiger partial charge is 0.325 e. The third-order valence-corrected chi connectivity index (χ3v) is 5.54. The molecule has 1 aromatic carbocycles. The number of nitrogens with one attached hydrogen (secondary N) is 3. The molecule has 1 rings (SSSR count). The van der Waals surface area contributed by atoms with Gasteiger partial charge in [0.1, 0.15) is 18.1 Å². The number of thioether (sulfide) groups is 1. The fourth-order valence-electron chi connectivity index (χ4n) is 2.90. The molecule has 0 fully saturated rings. The van der Waals surface area contributed by atoms with E-state index in [1.54, 1.807) is 30.3 Å². The lowest BCUT2D eigenvalue weighted by Crippen LogP contribution is -2.57. The van der Waals surface area contributed by atoms with Crippen LogP contribution in [-0.4, -0.2) is 76.0 Å². The van der Waals surface area contributed by atoms with Crippen molar-refractivity contribution in [3.8, 4) is 0 Å².